The summed E-state index contributed by atoms with van der Waals surface area (Å²) >= 11 is 0. The van der Waals surface area contributed by atoms with Crippen molar-refractivity contribution in [2.24, 2.45) is 0 Å². The lowest BCUT2D eigenvalue weighted by atomic mass is 10.2. The van der Waals surface area contributed by atoms with Crippen LogP contribution in [0.2, 0.25) is 0 Å². The van der Waals surface area contributed by atoms with Crippen molar-refractivity contribution in [2.75, 3.05) is 13.2 Å². The topological polar surface area (TPSA) is 18.5 Å². The number of ether oxygens (including phenoxy) is 2. The minimum Gasteiger partial charge on any atom is -0.349 e. The molecular formula is C17H26O2. The van der Waals surface area contributed by atoms with Crippen molar-refractivity contribution in [3.05, 3.63) is 42.0 Å². The van der Waals surface area contributed by atoms with Crippen molar-refractivity contribution < 1.29 is 9.47 Å². The summed E-state index contributed by atoms with van der Waals surface area (Å²) in [6.45, 7) is 5.84. The zero-order valence-electron chi connectivity index (χ0n) is 12.2. The van der Waals surface area contributed by atoms with Crippen LogP contribution in [0.25, 0.3) is 6.08 Å². The molecule has 0 N–H and O–H groups in total. The Morgan fingerprint density at radius 1 is 0.947 bits per heavy atom. The zero-order valence-corrected chi connectivity index (χ0v) is 12.2. The molecule has 0 spiro atoms. The van der Waals surface area contributed by atoms with Crippen LogP contribution in [0.3, 0.4) is 0 Å². The molecule has 1 rings (SSSR count). The fourth-order valence-electron chi connectivity index (χ4n) is 1.60. The van der Waals surface area contributed by atoms with E-state index in [0.717, 1.165) is 38.9 Å². The molecule has 1 aromatic carbocycles. The molecule has 106 valence electrons. The van der Waals surface area contributed by atoms with Gasteiger partial charge in [-0.05, 0) is 24.5 Å². The van der Waals surface area contributed by atoms with E-state index in [4.69, 9.17) is 9.47 Å². The van der Waals surface area contributed by atoms with Gasteiger partial charge in [-0.1, -0.05) is 63.1 Å². The molecule has 19 heavy (non-hydrogen) atoms. The van der Waals surface area contributed by atoms with Gasteiger partial charge in [-0.2, -0.15) is 0 Å². The summed E-state index contributed by atoms with van der Waals surface area (Å²) in [5, 5.41) is 0. The molecule has 0 unspecified atom stereocenters. The molecule has 1 aromatic rings. The van der Waals surface area contributed by atoms with Gasteiger partial charge in [-0.3, -0.25) is 0 Å². The normalized spacial score (nSPS) is 11.5. The van der Waals surface area contributed by atoms with Gasteiger partial charge in [0.15, 0.2) is 6.29 Å². The predicted molar refractivity (Wildman–Crippen MR) is 81.0 cm³/mol. The van der Waals surface area contributed by atoms with Gasteiger partial charge in [0.2, 0.25) is 0 Å². The molecule has 2 heteroatoms. The molecular weight excluding hydrogens is 236 g/mol. The quantitative estimate of drug-likeness (QED) is 0.451. The Kier molecular flexibility index (Phi) is 9.03. The zero-order chi connectivity index (χ0) is 13.8. The third-order valence-electron chi connectivity index (χ3n) is 2.81. The lowest BCUT2D eigenvalue weighted by Gasteiger charge is -2.15. The van der Waals surface area contributed by atoms with Crippen molar-refractivity contribution in [2.45, 2.75) is 45.8 Å². The van der Waals surface area contributed by atoms with Gasteiger partial charge in [-0.25, -0.2) is 0 Å². The Morgan fingerprint density at radius 2 is 1.53 bits per heavy atom. The van der Waals surface area contributed by atoms with Crippen LogP contribution >= 0.6 is 0 Å². The van der Waals surface area contributed by atoms with Gasteiger partial charge in [0.25, 0.3) is 0 Å². The molecule has 0 radical (unpaired) electrons. The van der Waals surface area contributed by atoms with E-state index in [1.807, 2.05) is 24.3 Å². The highest BCUT2D eigenvalue weighted by molar-refractivity contribution is 5.48. The van der Waals surface area contributed by atoms with Crippen molar-refractivity contribution >= 4 is 6.08 Å². The molecule has 0 aliphatic rings. The highest BCUT2D eigenvalue weighted by Crippen LogP contribution is 2.07. The Morgan fingerprint density at radius 3 is 2.05 bits per heavy atom. The third-order valence-corrected chi connectivity index (χ3v) is 2.81. The first-order valence-electron chi connectivity index (χ1n) is 7.33. The lowest BCUT2D eigenvalue weighted by molar-refractivity contribution is -0.112. The standard InChI is InChI=1S/C17H26O2/c1-3-5-14-18-17(19-15-6-4-2)13-12-16-10-8-7-9-11-16/h7-13,17H,3-6,14-15H2,1-2H3/b13-12+. The molecule has 0 aliphatic carbocycles. The van der Waals surface area contributed by atoms with Gasteiger partial charge < -0.3 is 9.47 Å². The van der Waals surface area contributed by atoms with Crippen molar-refractivity contribution in [3.63, 3.8) is 0 Å². The van der Waals surface area contributed by atoms with Gasteiger partial charge in [0.1, 0.15) is 0 Å². The maximum Gasteiger partial charge on any atom is 0.177 e. The summed E-state index contributed by atoms with van der Waals surface area (Å²) in [5.74, 6) is 0. The highest BCUT2D eigenvalue weighted by Gasteiger charge is 2.04. The Labute approximate surface area is 117 Å². The van der Waals surface area contributed by atoms with Crippen LogP contribution in [0.15, 0.2) is 36.4 Å². The van der Waals surface area contributed by atoms with Crippen molar-refractivity contribution in [1.82, 2.24) is 0 Å². The van der Waals surface area contributed by atoms with E-state index in [9.17, 15) is 0 Å². The first-order chi connectivity index (χ1) is 9.36. The largest absolute Gasteiger partial charge is 0.349 e. The Bertz CT molecular complexity index is 322. The molecule has 0 saturated heterocycles. The van der Waals surface area contributed by atoms with Gasteiger partial charge in [0.05, 0.1) is 13.2 Å². The Balaban J connectivity index is 2.44. The smallest absolute Gasteiger partial charge is 0.177 e. The fraction of sp³-hybridized carbons (Fsp3) is 0.529. The van der Waals surface area contributed by atoms with E-state index in [-0.39, 0.29) is 6.29 Å². The number of rotatable bonds is 10. The second-order valence-electron chi connectivity index (χ2n) is 4.59. The van der Waals surface area contributed by atoms with Gasteiger partial charge in [-0.15, -0.1) is 0 Å². The second kappa shape index (κ2) is 10.8. The Hall–Kier alpha value is -1.12. The molecule has 0 bridgehead atoms. The number of benzene rings is 1. The maximum absolute atomic E-state index is 5.74. The second-order valence-corrected chi connectivity index (χ2v) is 4.59. The van der Waals surface area contributed by atoms with Crippen LogP contribution in [0, 0.1) is 0 Å². The molecule has 0 aromatic heterocycles. The van der Waals surface area contributed by atoms with Gasteiger partial charge in [0, 0.05) is 0 Å². The van der Waals surface area contributed by atoms with Crippen LogP contribution in [0.5, 0.6) is 0 Å². The summed E-state index contributed by atoms with van der Waals surface area (Å²) < 4.78 is 11.5. The first kappa shape index (κ1) is 15.9. The summed E-state index contributed by atoms with van der Waals surface area (Å²) in [6.07, 6.45) is 8.27. The van der Waals surface area contributed by atoms with E-state index >= 15 is 0 Å². The van der Waals surface area contributed by atoms with Crippen molar-refractivity contribution in [3.8, 4) is 0 Å². The maximum atomic E-state index is 5.74. The molecule has 2 nitrogen and oxygen atoms in total. The first-order valence-corrected chi connectivity index (χ1v) is 7.33. The minimum atomic E-state index is -0.224. The van der Waals surface area contributed by atoms with E-state index in [0.29, 0.717) is 0 Å². The molecule has 0 atom stereocenters. The highest BCUT2D eigenvalue weighted by atomic mass is 16.7. The average molecular weight is 262 g/mol. The SMILES string of the molecule is CCCCOC(/C=C/c1ccccc1)OCCCC. The van der Waals surface area contributed by atoms with Crippen LogP contribution in [-0.2, 0) is 9.47 Å². The minimum absolute atomic E-state index is 0.224. The van der Waals surface area contributed by atoms with Crippen molar-refractivity contribution in [1.29, 1.82) is 0 Å². The molecule has 0 heterocycles. The molecule has 0 amide bonds. The van der Waals surface area contributed by atoms with E-state index in [2.05, 4.69) is 32.1 Å². The summed E-state index contributed by atoms with van der Waals surface area (Å²) in [6, 6.07) is 10.2. The lowest BCUT2D eigenvalue weighted by Crippen LogP contribution is -2.16. The van der Waals surface area contributed by atoms with Crippen LogP contribution in [0.1, 0.15) is 45.1 Å². The summed E-state index contributed by atoms with van der Waals surface area (Å²) in [5.41, 5.74) is 1.17. The number of unbranched alkanes of at least 4 members (excludes halogenated alkanes) is 2. The van der Waals surface area contributed by atoms with E-state index in [1.54, 1.807) is 0 Å². The summed E-state index contributed by atoms with van der Waals surface area (Å²) in [7, 11) is 0. The van der Waals surface area contributed by atoms with Crippen LogP contribution in [0.4, 0.5) is 0 Å². The number of hydrogen-bond donors (Lipinski definition) is 0. The van der Waals surface area contributed by atoms with E-state index < -0.39 is 0 Å². The predicted octanol–water partition coefficient (Wildman–Crippen LogP) is 4.66. The fourth-order valence-corrected chi connectivity index (χ4v) is 1.60. The third kappa shape index (κ3) is 7.81. The average Bonchev–Trinajstić information content (AvgIpc) is 2.45. The van der Waals surface area contributed by atoms with Crippen LogP contribution in [-0.4, -0.2) is 19.5 Å². The van der Waals surface area contributed by atoms with Crippen LogP contribution < -0.4 is 0 Å². The molecule has 0 saturated carbocycles. The monoisotopic (exact) mass is 262 g/mol. The van der Waals surface area contributed by atoms with E-state index in [1.165, 1.54) is 5.56 Å². The number of hydrogen-bond acceptors (Lipinski definition) is 2. The molecule has 0 fully saturated rings. The van der Waals surface area contributed by atoms with Gasteiger partial charge >= 0.3 is 0 Å². The summed E-state index contributed by atoms with van der Waals surface area (Å²) in [4.78, 5) is 0. The molecule has 0 aliphatic heterocycles.